The van der Waals surface area contributed by atoms with E-state index in [1.54, 1.807) is 0 Å². The van der Waals surface area contributed by atoms with E-state index in [9.17, 15) is 14.4 Å². The highest BCUT2D eigenvalue weighted by molar-refractivity contribution is 6.39. The number of benzene rings is 2. The van der Waals surface area contributed by atoms with Gasteiger partial charge in [-0.05, 0) is 67.9 Å². The van der Waals surface area contributed by atoms with Crippen LogP contribution < -0.4 is 21.3 Å². The highest BCUT2D eigenvalue weighted by atomic mass is 16.2. The Balaban J connectivity index is 1.62. The van der Waals surface area contributed by atoms with Crippen LogP contribution in [-0.4, -0.2) is 56.4 Å². The average molecular weight is 424 g/mol. The summed E-state index contributed by atoms with van der Waals surface area (Å²) in [6.07, 6.45) is 2.25. The topological polar surface area (TPSA) is 108 Å². The molecule has 2 aromatic carbocycles. The molecule has 8 nitrogen and oxygen atoms in total. The van der Waals surface area contributed by atoms with E-state index in [0.29, 0.717) is 17.8 Å². The van der Waals surface area contributed by atoms with Gasteiger partial charge < -0.3 is 21.3 Å². The quantitative estimate of drug-likeness (QED) is 0.588. The minimum absolute atomic E-state index is 0.00492. The summed E-state index contributed by atoms with van der Waals surface area (Å²) in [6.45, 7) is 2.27. The maximum absolute atomic E-state index is 12.4. The number of likely N-dealkylation sites (tertiary alicyclic amines) is 1. The Labute approximate surface area is 182 Å². The number of hydrogen-bond acceptors (Lipinski definition) is 5. The van der Waals surface area contributed by atoms with Crippen molar-refractivity contribution in [2.75, 3.05) is 43.9 Å². The molecule has 1 atom stereocenters. The molecule has 0 radical (unpaired) electrons. The van der Waals surface area contributed by atoms with Crippen molar-refractivity contribution in [2.24, 2.45) is 5.73 Å². The molecule has 3 amide bonds. The lowest BCUT2D eigenvalue weighted by molar-refractivity contribution is -0.136. The van der Waals surface area contributed by atoms with Crippen molar-refractivity contribution < 1.29 is 14.4 Å². The summed E-state index contributed by atoms with van der Waals surface area (Å²) in [5.41, 5.74) is 8.17. The number of primary amides is 1. The highest BCUT2D eigenvalue weighted by Crippen LogP contribution is 2.26. The standard InChI is InChI=1S/C23H29N5O3/c1-27(2)19-11-7-16(8-12-19)20(28-13-3-4-14-28)15-25-22(30)23(31)26-18-9-5-17(6-10-18)21(24)29/h5-12,20H,3-4,13-15H2,1-2H3,(H2,24,29)(H,25,30)(H,26,31). The minimum Gasteiger partial charge on any atom is -0.378 e. The Morgan fingerprint density at radius 1 is 0.968 bits per heavy atom. The van der Waals surface area contributed by atoms with Crippen LogP contribution in [0.15, 0.2) is 48.5 Å². The summed E-state index contributed by atoms with van der Waals surface area (Å²) in [6, 6.07) is 14.3. The molecule has 0 aliphatic carbocycles. The van der Waals surface area contributed by atoms with E-state index in [-0.39, 0.29) is 6.04 Å². The normalized spacial score (nSPS) is 14.6. The van der Waals surface area contributed by atoms with Gasteiger partial charge in [-0.3, -0.25) is 19.3 Å². The third-order valence-corrected chi connectivity index (χ3v) is 5.47. The predicted molar refractivity (Wildman–Crippen MR) is 121 cm³/mol. The molecule has 0 saturated carbocycles. The molecule has 1 aliphatic rings. The predicted octanol–water partition coefficient (Wildman–Crippen LogP) is 1.74. The first-order valence-electron chi connectivity index (χ1n) is 10.4. The van der Waals surface area contributed by atoms with Crippen LogP contribution in [0, 0.1) is 0 Å². The summed E-state index contributed by atoms with van der Waals surface area (Å²) in [5, 5.41) is 5.31. The Morgan fingerprint density at radius 2 is 1.58 bits per heavy atom. The molecule has 1 aliphatic heterocycles. The van der Waals surface area contributed by atoms with Gasteiger partial charge in [0, 0.05) is 37.6 Å². The molecule has 31 heavy (non-hydrogen) atoms. The first-order valence-corrected chi connectivity index (χ1v) is 10.4. The van der Waals surface area contributed by atoms with Crippen molar-refractivity contribution in [1.29, 1.82) is 0 Å². The molecule has 8 heteroatoms. The second-order valence-electron chi connectivity index (χ2n) is 7.85. The number of anilines is 2. The largest absolute Gasteiger partial charge is 0.378 e. The minimum atomic E-state index is -0.755. The van der Waals surface area contributed by atoms with Crippen molar-refractivity contribution >= 4 is 29.1 Å². The molecule has 2 aromatic rings. The van der Waals surface area contributed by atoms with Gasteiger partial charge in [-0.25, -0.2) is 0 Å². The number of nitrogens with two attached hydrogens (primary N) is 1. The van der Waals surface area contributed by atoms with Gasteiger partial charge in [0.05, 0.1) is 6.04 Å². The summed E-state index contributed by atoms with van der Waals surface area (Å²) < 4.78 is 0. The van der Waals surface area contributed by atoms with Gasteiger partial charge in [-0.2, -0.15) is 0 Å². The summed E-state index contributed by atoms with van der Waals surface area (Å²) in [5.74, 6) is -2.01. The second-order valence-corrected chi connectivity index (χ2v) is 7.85. The van der Waals surface area contributed by atoms with E-state index < -0.39 is 17.7 Å². The molecule has 3 rings (SSSR count). The van der Waals surface area contributed by atoms with Crippen molar-refractivity contribution in [3.8, 4) is 0 Å². The fourth-order valence-corrected chi connectivity index (χ4v) is 3.68. The second kappa shape index (κ2) is 10.1. The van der Waals surface area contributed by atoms with Gasteiger partial charge in [0.15, 0.2) is 0 Å². The molecule has 1 fully saturated rings. The van der Waals surface area contributed by atoms with Crippen LogP contribution in [0.4, 0.5) is 11.4 Å². The van der Waals surface area contributed by atoms with E-state index in [0.717, 1.165) is 37.2 Å². The van der Waals surface area contributed by atoms with Gasteiger partial charge in [0.2, 0.25) is 5.91 Å². The van der Waals surface area contributed by atoms with E-state index in [2.05, 4.69) is 39.8 Å². The van der Waals surface area contributed by atoms with Crippen LogP contribution in [0.3, 0.4) is 0 Å². The molecule has 0 bridgehead atoms. The van der Waals surface area contributed by atoms with E-state index in [4.69, 9.17) is 5.73 Å². The Bertz CT molecular complexity index is 919. The fourth-order valence-electron chi connectivity index (χ4n) is 3.68. The zero-order chi connectivity index (χ0) is 22.4. The highest BCUT2D eigenvalue weighted by Gasteiger charge is 2.25. The van der Waals surface area contributed by atoms with Crippen LogP contribution in [0.1, 0.15) is 34.8 Å². The molecule has 0 spiro atoms. The van der Waals surface area contributed by atoms with Gasteiger partial charge in [-0.15, -0.1) is 0 Å². The van der Waals surface area contributed by atoms with Crippen molar-refractivity contribution in [1.82, 2.24) is 10.2 Å². The number of carbonyl (C=O) groups is 3. The summed E-state index contributed by atoms with van der Waals surface area (Å²) in [4.78, 5) is 40.2. The molecule has 0 aromatic heterocycles. The molecule has 164 valence electrons. The van der Waals surface area contributed by atoms with Gasteiger partial charge in [-0.1, -0.05) is 12.1 Å². The number of carbonyl (C=O) groups excluding carboxylic acids is 3. The van der Waals surface area contributed by atoms with Gasteiger partial charge in [0.1, 0.15) is 0 Å². The van der Waals surface area contributed by atoms with Crippen molar-refractivity contribution in [2.45, 2.75) is 18.9 Å². The number of nitrogens with zero attached hydrogens (tertiary/aromatic N) is 2. The summed E-state index contributed by atoms with van der Waals surface area (Å²) >= 11 is 0. The molecule has 1 heterocycles. The SMILES string of the molecule is CN(C)c1ccc(C(CNC(=O)C(=O)Nc2ccc(C(N)=O)cc2)N2CCCC2)cc1. The Hall–Kier alpha value is -3.39. The first-order chi connectivity index (χ1) is 14.8. The lowest BCUT2D eigenvalue weighted by Crippen LogP contribution is -2.41. The third-order valence-electron chi connectivity index (χ3n) is 5.47. The molecular weight excluding hydrogens is 394 g/mol. The molecule has 4 N–H and O–H groups in total. The van der Waals surface area contributed by atoms with Crippen molar-refractivity contribution in [3.63, 3.8) is 0 Å². The number of amides is 3. The van der Waals surface area contributed by atoms with Crippen LogP contribution >= 0.6 is 0 Å². The lowest BCUT2D eigenvalue weighted by Gasteiger charge is -2.28. The van der Waals surface area contributed by atoms with Crippen LogP contribution in [0.25, 0.3) is 0 Å². The first kappa shape index (κ1) is 22.3. The van der Waals surface area contributed by atoms with E-state index in [1.165, 1.54) is 24.3 Å². The van der Waals surface area contributed by atoms with Crippen LogP contribution in [0.5, 0.6) is 0 Å². The number of hydrogen-bond donors (Lipinski definition) is 3. The molecular formula is C23H29N5O3. The van der Waals surface area contributed by atoms with E-state index in [1.807, 2.05) is 19.0 Å². The fraction of sp³-hybridized carbons (Fsp3) is 0.348. The zero-order valence-electron chi connectivity index (χ0n) is 17.9. The zero-order valence-corrected chi connectivity index (χ0v) is 17.9. The Morgan fingerprint density at radius 3 is 2.13 bits per heavy atom. The van der Waals surface area contributed by atoms with Gasteiger partial charge in [0.25, 0.3) is 0 Å². The number of rotatable bonds is 7. The summed E-state index contributed by atoms with van der Waals surface area (Å²) in [7, 11) is 3.99. The van der Waals surface area contributed by atoms with Crippen molar-refractivity contribution in [3.05, 3.63) is 59.7 Å². The smallest absolute Gasteiger partial charge is 0.313 e. The maximum atomic E-state index is 12.4. The number of nitrogens with one attached hydrogen (secondary N) is 2. The lowest BCUT2D eigenvalue weighted by atomic mass is 10.0. The molecule has 1 saturated heterocycles. The average Bonchev–Trinajstić information content (AvgIpc) is 3.29. The third kappa shape index (κ3) is 5.82. The Kier molecular flexibility index (Phi) is 7.25. The van der Waals surface area contributed by atoms with E-state index >= 15 is 0 Å². The molecule has 1 unspecified atom stereocenters. The van der Waals surface area contributed by atoms with Gasteiger partial charge >= 0.3 is 11.8 Å². The monoisotopic (exact) mass is 423 g/mol. The van der Waals surface area contributed by atoms with Crippen LogP contribution in [0.2, 0.25) is 0 Å². The maximum Gasteiger partial charge on any atom is 0.313 e. The van der Waals surface area contributed by atoms with Crippen LogP contribution in [-0.2, 0) is 9.59 Å².